The number of aromatic nitrogens is 1. The highest BCUT2D eigenvalue weighted by atomic mass is 32.1. The van der Waals surface area contributed by atoms with Crippen LogP contribution in [-0.2, 0) is 0 Å². The van der Waals surface area contributed by atoms with E-state index in [1.165, 1.54) is 18.0 Å². The number of rotatable bonds is 2. The number of nitrogens with two attached hydrogens (primary N) is 1. The maximum atomic E-state index is 11.9. The molecule has 0 saturated carbocycles. The Bertz CT molecular complexity index is 432. The molecule has 1 atom stereocenters. The van der Waals surface area contributed by atoms with Gasteiger partial charge in [0, 0.05) is 20.1 Å². The lowest BCUT2D eigenvalue weighted by atomic mass is 10.0. The molecule has 6 heteroatoms. The van der Waals surface area contributed by atoms with Crippen molar-refractivity contribution in [1.82, 2.24) is 9.69 Å². The maximum Gasteiger partial charge on any atom is 0.257 e. The monoisotopic (exact) mass is 268 g/mol. The molecule has 1 amide bonds. The van der Waals surface area contributed by atoms with Crippen molar-refractivity contribution >= 4 is 28.3 Å². The summed E-state index contributed by atoms with van der Waals surface area (Å²) in [6.07, 6.45) is 3.57. The normalized spacial score (nSPS) is 20.6. The maximum absolute atomic E-state index is 11.9. The first-order valence-electron chi connectivity index (χ1n) is 6.35. The van der Waals surface area contributed by atoms with Crippen LogP contribution in [0.1, 0.15) is 36.5 Å². The van der Waals surface area contributed by atoms with E-state index in [9.17, 15) is 4.79 Å². The minimum atomic E-state index is -0.145. The molecule has 1 aliphatic heterocycles. The van der Waals surface area contributed by atoms with Crippen molar-refractivity contribution in [3.05, 3.63) is 5.56 Å². The number of hydrogen-bond acceptors (Lipinski definition) is 5. The molecule has 100 valence electrons. The number of anilines is 2. The molecular formula is C12H20N4OS. The Morgan fingerprint density at radius 2 is 2.28 bits per heavy atom. The van der Waals surface area contributed by atoms with Gasteiger partial charge in [-0.05, 0) is 36.7 Å². The third-order valence-corrected chi connectivity index (χ3v) is 4.38. The van der Waals surface area contributed by atoms with E-state index in [0.717, 1.165) is 36.9 Å². The Balaban J connectivity index is 2.24. The van der Waals surface area contributed by atoms with Gasteiger partial charge in [0.1, 0.15) is 10.6 Å². The predicted octanol–water partition coefficient (Wildman–Crippen LogP) is 1.71. The van der Waals surface area contributed by atoms with Crippen molar-refractivity contribution < 1.29 is 4.79 Å². The van der Waals surface area contributed by atoms with Crippen molar-refractivity contribution in [2.45, 2.75) is 26.2 Å². The van der Waals surface area contributed by atoms with Gasteiger partial charge in [0.2, 0.25) is 0 Å². The van der Waals surface area contributed by atoms with Crippen LogP contribution in [0.5, 0.6) is 0 Å². The average molecular weight is 268 g/mol. The van der Waals surface area contributed by atoms with Gasteiger partial charge in [0.05, 0.1) is 0 Å². The zero-order chi connectivity index (χ0) is 13.1. The summed E-state index contributed by atoms with van der Waals surface area (Å²) in [4.78, 5) is 14.1. The van der Waals surface area contributed by atoms with Crippen molar-refractivity contribution in [2.24, 2.45) is 5.92 Å². The molecule has 0 bridgehead atoms. The second kappa shape index (κ2) is 5.56. The van der Waals surface area contributed by atoms with Crippen LogP contribution in [0.15, 0.2) is 0 Å². The summed E-state index contributed by atoms with van der Waals surface area (Å²) in [5, 5.41) is 3.55. The second-order valence-corrected chi connectivity index (χ2v) is 5.60. The highest BCUT2D eigenvalue weighted by Gasteiger charge is 2.24. The van der Waals surface area contributed by atoms with E-state index < -0.39 is 0 Å². The molecule has 3 N–H and O–H groups in total. The Morgan fingerprint density at radius 1 is 1.50 bits per heavy atom. The number of carbonyl (C=O) groups excluding carboxylic acids is 1. The van der Waals surface area contributed by atoms with Crippen molar-refractivity contribution in [1.29, 1.82) is 0 Å². The van der Waals surface area contributed by atoms with Crippen LogP contribution in [0.25, 0.3) is 0 Å². The fourth-order valence-corrected chi connectivity index (χ4v) is 3.18. The molecule has 5 nitrogen and oxygen atoms in total. The van der Waals surface area contributed by atoms with E-state index in [-0.39, 0.29) is 5.91 Å². The summed E-state index contributed by atoms with van der Waals surface area (Å²) < 4.78 is 4.13. The summed E-state index contributed by atoms with van der Waals surface area (Å²) in [5.74, 6) is 0.948. The molecule has 0 aliphatic carbocycles. The minimum absolute atomic E-state index is 0.145. The summed E-state index contributed by atoms with van der Waals surface area (Å²) in [5.41, 5.74) is 6.34. The number of hydrogen-bond donors (Lipinski definition) is 2. The van der Waals surface area contributed by atoms with Gasteiger partial charge in [-0.1, -0.05) is 6.92 Å². The first-order chi connectivity index (χ1) is 8.63. The van der Waals surface area contributed by atoms with E-state index in [0.29, 0.717) is 11.4 Å². The number of nitrogens with one attached hydrogen (secondary N) is 1. The fraction of sp³-hybridized carbons (Fsp3) is 0.667. The molecule has 0 radical (unpaired) electrons. The molecule has 2 rings (SSSR count). The lowest BCUT2D eigenvalue weighted by molar-refractivity contribution is 0.0964. The van der Waals surface area contributed by atoms with Crippen LogP contribution >= 0.6 is 11.5 Å². The number of nitrogens with zero attached hydrogens (tertiary/aromatic N) is 2. The molecule has 2 heterocycles. The van der Waals surface area contributed by atoms with Crippen LogP contribution in [-0.4, -0.2) is 30.4 Å². The van der Waals surface area contributed by atoms with E-state index in [1.54, 1.807) is 7.05 Å². The molecule has 0 aromatic carbocycles. The highest BCUT2D eigenvalue weighted by Crippen LogP contribution is 2.32. The summed E-state index contributed by atoms with van der Waals surface area (Å²) in [6, 6.07) is 0. The molecule has 1 unspecified atom stereocenters. The Morgan fingerprint density at radius 3 is 3.00 bits per heavy atom. The molecule has 1 fully saturated rings. The van der Waals surface area contributed by atoms with Crippen LogP contribution in [0.2, 0.25) is 0 Å². The van der Waals surface area contributed by atoms with Gasteiger partial charge in [0.25, 0.3) is 5.91 Å². The lowest BCUT2D eigenvalue weighted by Crippen LogP contribution is -2.27. The van der Waals surface area contributed by atoms with Gasteiger partial charge in [-0.3, -0.25) is 4.79 Å². The molecule has 18 heavy (non-hydrogen) atoms. The molecule has 1 saturated heterocycles. The van der Waals surface area contributed by atoms with Gasteiger partial charge in [-0.2, -0.15) is 4.37 Å². The van der Waals surface area contributed by atoms with Crippen molar-refractivity contribution in [3.8, 4) is 0 Å². The fourth-order valence-electron chi connectivity index (χ4n) is 2.31. The Hall–Kier alpha value is -1.30. The topological polar surface area (TPSA) is 71.2 Å². The first-order valence-corrected chi connectivity index (χ1v) is 7.13. The lowest BCUT2D eigenvalue weighted by Gasteiger charge is -2.21. The summed E-state index contributed by atoms with van der Waals surface area (Å²) in [6.45, 7) is 4.24. The largest absolute Gasteiger partial charge is 0.382 e. The molecule has 1 aliphatic rings. The van der Waals surface area contributed by atoms with Gasteiger partial charge >= 0.3 is 0 Å². The zero-order valence-electron chi connectivity index (χ0n) is 10.9. The third kappa shape index (κ3) is 2.58. The first kappa shape index (κ1) is 13.1. The van der Waals surface area contributed by atoms with Crippen LogP contribution in [0.3, 0.4) is 0 Å². The van der Waals surface area contributed by atoms with Crippen molar-refractivity contribution in [3.63, 3.8) is 0 Å². The summed E-state index contributed by atoms with van der Waals surface area (Å²) >= 11 is 1.33. The quantitative estimate of drug-likeness (QED) is 0.856. The van der Waals surface area contributed by atoms with Crippen LogP contribution < -0.4 is 16.0 Å². The molecule has 0 spiro atoms. The molecular weight excluding hydrogens is 248 g/mol. The number of amides is 1. The third-order valence-electron chi connectivity index (χ3n) is 3.46. The summed E-state index contributed by atoms with van der Waals surface area (Å²) in [7, 11) is 1.62. The van der Waals surface area contributed by atoms with Gasteiger partial charge in [0.15, 0.2) is 5.82 Å². The van der Waals surface area contributed by atoms with E-state index in [2.05, 4.69) is 21.5 Å². The molecule has 1 aromatic rings. The highest BCUT2D eigenvalue weighted by molar-refractivity contribution is 7.11. The SMILES string of the molecule is CNC(=O)c1c(N)nsc1N1CCCC(C)CC1. The molecule has 1 aromatic heterocycles. The van der Waals surface area contributed by atoms with Gasteiger partial charge in [-0.25, -0.2) is 0 Å². The zero-order valence-corrected chi connectivity index (χ0v) is 11.7. The number of carbonyl (C=O) groups is 1. The standard InChI is InChI=1S/C12H20N4OS/c1-8-4-3-6-16(7-5-8)12-9(11(17)14-2)10(13)15-18-12/h8H,3-7H2,1-2H3,(H2,13,15)(H,14,17). The smallest absolute Gasteiger partial charge is 0.257 e. The van der Waals surface area contributed by atoms with E-state index in [1.807, 2.05) is 0 Å². The number of nitrogen functional groups attached to an aromatic ring is 1. The van der Waals surface area contributed by atoms with E-state index in [4.69, 9.17) is 5.73 Å². The van der Waals surface area contributed by atoms with Crippen molar-refractivity contribution in [2.75, 3.05) is 30.8 Å². The van der Waals surface area contributed by atoms with Gasteiger partial charge < -0.3 is 16.0 Å². The Labute approximate surface area is 112 Å². The second-order valence-electron chi connectivity index (χ2n) is 4.85. The predicted molar refractivity (Wildman–Crippen MR) is 75.1 cm³/mol. The van der Waals surface area contributed by atoms with Crippen LogP contribution in [0.4, 0.5) is 10.8 Å². The van der Waals surface area contributed by atoms with Crippen LogP contribution in [0, 0.1) is 5.92 Å². The van der Waals surface area contributed by atoms with E-state index >= 15 is 0 Å². The Kier molecular flexibility index (Phi) is 4.06. The van der Waals surface area contributed by atoms with Gasteiger partial charge in [-0.15, -0.1) is 0 Å². The minimum Gasteiger partial charge on any atom is -0.382 e. The average Bonchev–Trinajstić information content (AvgIpc) is 2.60.